The van der Waals surface area contributed by atoms with Crippen LogP contribution in [0, 0.1) is 5.82 Å². The number of fused-ring (bicyclic) bond motifs is 1. The lowest BCUT2D eigenvalue weighted by atomic mass is 10.1. The van der Waals surface area contributed by atoms with Crippen molar-refractivity contribution in [2.24, 2.45) is 0 Å². The molecule has 3 aromatic heterocycles. The number of rotatable bonds is 4. The van der Waals surface area contributed by atoms with Crippen LogP contribution >= 0.6 is 22.7 Å². The van der Waals surface area contributed by atoms with Gasteiger partial charge in [0, 0.05) is 35.3 Å². The van der Waals surface area contributed by atoms with Crippen LogP contribution in [-0.2, 0) is 0 Å². The van der Waals surface area contributed by atoms with Crippen LogP contribution in [0.15, 0.2) is 41.4 Å². The van der Waals surface area contributed by atoms with Crippen molar-refractivity contribution in [3.05, 3.63) is 57.9 Å². The molecule has 1 atom stereocenters. The summed E-state index contributed by atoms with van der Waals surface area (Å²) in [5, 5.41) is 4.75. The van der Waals surface area contributed by atoms with Crippen molar-refractivity contribution in [2.75, 3.05) is 13.7 Å². The van der Waals surface area contributed by atoms with Crippen molar-refractivity contribution in [1.82, 2.24) is 19.3 Å². The number of methoxy groups -OCH3 is 1. The molecule has 1 aliphatic heterocycles. The lowest BCUT2D eigenvalue weighted by molar-refractivity contribution is 0.0728. The third-order valence-electron chi connectivity index (χ3n) is 5.13. The molecule has 4 aromatic rings. The van der Waals surface area contributed by atoms with E-state index in [2.05, 4.69) is 9.97 Å². The third-order valence-corrected chi connectivity index (χ3v) is 6.84. The Morgan fingerprint density at radius 1 is 1.34 bits per heavy atom. The maximum atomic E-state index is 14.1. The van der Waals surface area contributed by atoms with E-state index in [4.69, 9.17) is 4.74 Å². The Hall–Kier alpha value is -2.78. The molecule has 0 N–H and O–H groups in total. The van der Waals surface area contributed by atoms with Gasteiger partial charge in [0.15, 0.2) is 16.5 Å². The van der Waals surface area contributed by atoms with E-state index in [-0.39, 0.29) is 17.7 Å². The van der Waals surface area contributed by atoms with Gasteiger partial charge < -0.3 is 9.64 Å². The van der Waals surface area contributed by atoms with Crippen LogP contribution < -0.4 is 4.74 Å². The fourth-order valence-corrected chi connectivity index (χ4v) is 5.35. The quantitative estimate of drug-likeness (QED) is 0.475. The monoisotopic (exact) mass is 428 g/mol. The summed E-state index contributed by atoms with van der Waals surface area (Å²) in [5.41, 5.74) is 1.82. The second kappa shape index (κ2) is 7.23. The van der Waals surface area contributed by atoms with Crippen molar-refractivity contribution >= 4 is 33.5 Å². The molecule has 1 saturated heterocycles. The van der Waals surface area contributed by atoms with E-state index in [1.807, 2.05) is 15.7 Å². The van der Waals surface area contributed by atoms with E-state index in [0.717, 1.165) is 17.8 Å². The molecule has 4 heterocycles. The molecular formula is C20H17FN4O2S2. The van der Waals surface area contributed by atoms with Gasteiger partial charge in [0.1, 0.15) is 10.7 Å². The van der Waals surface area contributed by atoms with Gasteiger partial charge in [-0.1, -0.05) is 0 Å². The molecule has 5 rings (SSSR count). The van der Waals surface area contributed by atoms with E-state index in [1.165, 1.54) is 24.5 Å². The van der Waals surface area contributed by atoms with E-state index in [1.54, 1.807) is 40.3 Å². The normalized spacial score (nSPS) is 16.6. The van der Waals surface area contributed by atoms with Gasteiger partial charge in [-0.2, -0.15) is 0 Å². The number of thiazole rings is 2. The highest BCUT2D eigenvalue weighted by Gasteiger charge is 2.33. The summed E-state index contributed by atoms with van der Waals surface area (Å²) in [6, 6.07) is 4.75. The Bertz CT molecular complexity index is 1180. The molecule has 1 aliphatic rings. The van der Waals surface area contributed by atoms with Crippen molar-refractivity contribution in [3.63, 3.8) is 0 Å². The average molecular weight is 429 g/mol. The van der Waals surface area contributed by atoms with Gasteiger partial charge in [0.05, 0.1) is 18.8 Å². The highest BCUT2D eigenvalue weighted by Crippen LogP contribution is 2.35. The Morgan fingerprint density at radius 2 is 2.24 bits per heavy atom. The summed E-state index contributed by atoms with van der Waals surface area (Å²) >= 11 is 2.98. The summed E-state index contributed by atoms with van der Waals surface area (Å²) in [7, 11) is 1.43. The van der Waals surface area contributed by atoms with Crippen molar-refractivity contribution in [2.45, 2.75) is 18.9 Å². The molecule has 1 amide bonds. The summed E-state index contributed by atoms with van der Waals surface area (Å²) in [6.07, 6.45) is 5.45. The number of ether oxygens (including phenoxy) is 1. The van der Waals surface area contributed by atoms with Crippen molar-refractivity contribution in [1.29, 1.82) is 0 Å². The highest BCUT2D eigenvalue weighted by molar-refractivity contribution is 7.15. The molecule has 0 bridgehead atoms. The predicted molar refractivity (Wildman–Crippen MR) is 110 cm³/mol. The molecule has 0 radical (unpaired) electrons. The van der Waals surface area contributed by atoms with Gasteiger partial charge in [-0.25, -0.2) is 14.4 Å². The van der Waals surface area contributed by atoms with E-state index < -0.39 is 5.82 Å². The van der Waals surface area contributed by atoms with Crippen LogP contribution in [0.5, 0.6) is 5.75 Å². The van der Waals surface area contributed by atoms with Gasteiger partial charge in [-0.3, -0.25) is 9.20 Å². The largest absolute Gasteiger partial charge is 0.494 e. The predicted octanol–water partition coefficient (Wildman–Crippen LogP) is 4.64. The van der Waals surface area contributed by atoms with Crippen LogP contribution in [0.1, 0.15) is 34.4 Å². The Morgan fingerprint density at radius 3 is 3.00 bits per heavy atom. The first-order chi connectivity index (χ1) is 14.2. The minimum Gasteiger partial charge on any atom is -0.494 e. The van der Waals surface area contributed by atoms with Crippen LogP contribution in [-0.4, -0.2) is 38.8 Å². The highest BCUT2D eigenvalue weighted by atomic mass is 32.1. The van der Waals surface area contributed by atoms with Crippen molar-refractivity contribution in [3.8, 4) is 17.0 Å². The average Bonchev–Trinajstić information content (AvgIpc) is 3.51. The molecule has 0 unspecified atom stereocenters. The summed E-state index contributed by atoms with van der Waals surface area (Å²) in [4.78, 5) is 24.9. The molecule has 6 nitrogen and oxygen atoms in total. The smallest absolute Gasteiger partial charge is 0.272 e. The van der Waals surface area contributed by atoms with E-state index in [0.29, 0.717) is 28.5 Å². The second-order valence-electron chi connectivity index (χ2n) is 6.78. The zero-order valence-electron chi connectivity index (χ0n) is 15.5. The van der Waals surface area contributed by atoms with Gasteiger partial charge in [0.2, 0.25) is 0 Å². The molecule has 0 aliphatic carbocycles. The number of carbonyl (C=O) groups excluding carboxylic acids is 1. The van der Waals surface area contributed by atoms with Crippen molar-refractivity contribution < 1.29 is 13.9 Å². The number of imidazole rings is 1. The standard InChI is InChI=1S/C20H17FN4O2S2/c1-27-17-5-4-12(9-13(17)21)14-10-25-16(11-29-20(25)23-14)19(26)24-7-2-3-15(24)18-22-6-8-28-18/h4-6,8-11,15H,2-3,7H2,1H3/t15-/m0/s1. The molecule has 9 heteroatoms. The number of hydrogen-bond acceptors (Lipinski definition) is 6. The number of hydrogen-bond donors (Lipinski definition) is 0. The van der Waals surface area contributed by atoms with Gasteiger partial charge in [0.25, 0.3) is 5.91 Å². The number of amides is 1. The first-order valence-corrected chi connectivity index (χ1v) is 10.9. The Kier molecular flexibility index (Phi) is 4.56. The minimum atomic E-state index is -0.444. The maximum Gasteiger partial charge on any atom is 0.272 e. The number of nitrogens with zero attached hydrogens (tertiary/aromatic N) is 4. The lowest BCUT2D eigenvalue weighted by Gasteiger charge is -2.22. The Balaban J connectivity index is 1.48. The van der Waals surface area contributed by atoms with Gasteiger partial charge >= 0.3 is 0 Å². The second-order valence-corrected chi connectivity index (χ2v) is 8.54. The van der Waals surface area contributed by atoms with Crippen LogP contribution in [0.2, 0.25) is 0 Å². The van der Waals surface area contributed by atoms with Crippen LogP contribution in [0.25, 0.3) is 16.2 Å². The Labute approximate surface area is 174 Å². The molecule has 148 valence electrons. The number of benzene rings is 1. The fraction of sp³-hybridized carbons (Fsp3) is 0.250. The summed E-state index contributed by atoms with van der Waals surface area (Å²) in [6.45, 7) is 0.714. The third kappa shape index (κ3) is 3.10. The number of likely N-dealkylation sites (tertiary alicyclic amines) is 1. The molecular weight excluding hydrogens is 411 g/mol. The summed E-state index contributed by atoms with van der Waals surface area (Å²) < 4.78 is 20.9. The molecule has 1 fully saturated rings. The zero-order valence-corrected chi connectivity index (χ0v) is 17.2. The topological polar surface area (TPSA) is 59.7 Å². The fourth-order valence-electron chi connectivity index (χ4n) is 3.72. The number of aromatic nitrogens is 3. The first-order valence-electron chi connectivity index (χ1n) is 9.16. The van der Waals surface area contributed by atoms with Gasteiger partial charge in [-0.15, -0.1) is 22.7 Å². The summed E-state index contributed by atoms with van der Waals surface area (Å²) in [5.74, 6) is -0.285. The molecule has 0 saturated carbocycles. The molecule has 1 aromatic carbocycles. The zero-order chi connectivity index (χ0) is 20.0. The molecule has 0 spiro atoms. The maximum absolute atomic E-state index is 14.1. The van der Waals surface area contributed by atoms with Gasteiger partial charge in [-0.05, 0) is 31.0 Å². The van der Waals surface area contributed by atoms with Crippen LogP contribution in [0.4, 0.5) is 4.39 Å². The molecule has 29 heavy (non-hydrogen) atoms. The minimum absolute atomic E-state index is 0.0242. The SMILES string of the molecule is COc1ccc(-c2cn3c(C(=O)N4CCC[C@H]4c4nccs4)csc3n2)cc1F. The number of carbonyl (C=O) groups is 1. The number of halogens is 1. The lowest BCUT2D eigenvalue weighted by Crippen LogP contribution is -2.31. The first kappa shape index (κ1) is 18.3. The van der Waals surface area contributed by atoms with E-state index >= 15 is 0 Å². The van der Waals surface area contributed by atoms with Crippen LogP contribution in [0.3, 0.4) is 0 Å². The van der Waals surface area contributed by atoms with E-state index in [9.17, 15) is 9.18 Å².